The Morgan fingerprint density at radius 3 is 2.27 bits per heavy atom. The third kappa shape index (κ3) is 6.99. The Morgan fingerprint density at radius 1 is 1.12 bits per heavy atom. The van der Waals surface area contributed by atoms with Crippen molar-refractivity contribution in [1.29, 1.82) is 0 Å². The fourth-order valence-electron chi connectivity index (χ4n) is 3.14. The Kier molecular flexibility index (Phi) is 9.39. The summed E-state index contributed by atoms with van der Waals surface area (Å²) in [5, 5.41) is 3.34. The molecule has 2 aromatic carbocycles. The topological polar surface area (TPSA) is 96.0 Å². The van der Waals surface area contributed by atoms with Crippen molar-refractivity contribution in [2.75, 3.05) is 30.8 Å². The number of nitrogens with one attached hydrogen (secondary N) is 1. The molecule has 2 aromatic rings. The molecule has 0 aromatic heterocycles. The average Bonchev–Trinajstić information content (AvgIpc) is 2.76. The van der Waals surface area contributed by atoms with Gasteiger partial charge in [0.05, 0.1) is 19.1 Å². The Bertz CT molecular complexity index is 1090. The standard InChI is InChI=1S/C22H27Cl2N3O5S/c1-5-25-22(29)15(2)26(13-18-19(23)10-7-11-20(18)24)21(28)14-27(33(4,30)31)16-8-6-9-17(12-16)32-3/h6-12,15H,5,13-14H2,1-4H3,(H,25,29)/t15-/m0/s1. The van der Waals surface area contributed by atoms with Gasteiger partial charge in [-0.15, -0.1) is 0 Å². The zero-order valence-electron chi connectivity index (χ0n) is 18.8. The van der Waals surface area contributed by atoms with Gasteiger partial charge in [0, 0.05) is 34.8 Å². The van der Waals surface area contributed by atoms with Crippen LogP contribution in [0, 0.1) is 0 Å². The molecule has 0 fully saturated rings. The monoisotopic (exact) mass is 515 g/mol. The molecule has 1 atom stereocenters. The summed E-state index contributed by atoms with van der Waals surface area (Å²) in [7, 11) is -2.38. The lowest BCUT2D eigenvalue weighted by molar-refractivity contribution is -0.139. The minimum absolute atomic E-state index is 0.0780. The van der Waals surface area contributed by atoms with Gasteiger partial charge in [0.2, 0.25) is 21.8 Å². The zero-order valence-corrected chi connectivity index (χ0v) is 21.2. The number of amides is 2. The maximum absolute atomic E-state index is 13.4. The van der Waals surface area contributed by atoms with Gasteiger partial charge in [0.15, 0.2) is 0 Å². The molecule has 0 aliphatic heterocycles. The first-order chi connectivity index (χ1) is 15.5. The smallest absolute Gasteiger partial charge is 0.244 e. The lowest BCUT2D eigenvalue weighted by atomic mass is 10.1. The number of carbonyl (C=O) groups excluding carboxylic acids is 2. The molecule has 0 bridgehead atoms. The molecule has 8 nitrogen and oxygen atoms in total. The van der Waals surface area contributed by atoms with Gasteiger partial charge in [0.1, 0.15) is 18.3 Å². The predicted octanol–water partition coefficient (Wildman–Crippen LogP) is 3.32. The number of hydrogen-bond donors (Lipinski definition) is 1. The van der Waals surface area contributed by atoms with Crippen molar-refractivity contribution >= 4 is 50.7 Å². The van der Waals surface area contributed by atoms with Gasteiger partial charge < -0.3 is 15.0 Å². The van der Waals surface area contributed by atoms with Crippen LogP contribution in [0.3, 0.4) is 0 Å². The van der Waals surface area contributed by atoms with E-state index in [1.165, 1.54) is 18.1 Å². The minimum atomic E-state index is -3.84. The van der Waals surface area contributed by atoms with E-state index in [1.54, 1.807) is 50.2 Å². The maximum Gasteiger partial charge on any atom is 0.244 e. The van der Waals surface area contributed by atoms with E-state index in [2.05, 4.69) is 5.32 Å². The summed E-state index contributed by atoms with van der Waals surface area (Å²) < 4.78 is 31.2. The molecule has 1 N–H and O–H groups in total. The second-order valence-corrected chi connectivity index (χ2v) is 9.98. The van der Waals surface area contributed by atoms with Crippen LogP contribution in [0.4, 0.5) is 5.69 Å². The zero-order chi connectivity index (χ0) is 24.8. The SMILES string of the molecule is CCNC(=O)[C@H](C)N(Cc1c(Cl)cccc1Cl)C(=O)CN(c1cccc(OC)c1)S(C)(=O)=O. The van der Waals surface area contributed by atoms with Crippen molar-refractivity contribution in [2.24, 2.45) is 0 Å². The van der Waals surface area contributed by atoms with Crippen molar-refractivity contribution in [3.05, 3.63) is 58.1 Å². The minimum Gasteiger partial charge on any atom is -0.497 e. The van der Waals surface area contributed by atoms with Gasteiger partial charge in [0.25, 0.3) is 0 Å². The van der Waals surface area contributed by atoms with Crippen LogP contribution >= 0.6 is 23.2 Å². The number of carbonyl (C=O) groups is 2. The van der Waals surface area contributed by atoms with Crippen LogP contribution in [0.5, 0.6) is 5.75 Å². The second-order valence-electron chi connectivity index (χ2n) is 7.26. The van der Waals surface area contributed by atoms with E-state index in [0.717, 1.165) is 10.6 Å². The van der Waals surface area contributed by atoms with E-state index >= 15 is 0 Å². The predicted molar refractivity (Wildman–Crippen MR) is 130 cm³/mol. The van der Waals surface area contributed by atoms with Crippen LogP contribution < -0.4 is 14.4 Å². The summed E-state index contributed by atoms with van der Waals surface area (Å²) in [4.78, 5) is 27.3. The normalized spacial score (nSPS) is 12.1. The number of anilines is 1. The van der Waals surface area contributed by atoms with Gasteiger partial charge in [-0.25, -0.2) is 8.42 Å². The van der Waals surface area contributed by atoms with E-state index in [0.29, 0.717) is 27.9 Å². The van der Waals surface area contributed by atoms with E-state index in [1.807, 2.05) is 0 Å². The first-order valence-corrected chi connectivity index (χ1v) is 12.7. The van der Waals surface area contributed by atoms with Crippen LogP contribution in [0.1, 0.15) is 19.4 Å². The second kappa shape index (κ2) is 11.6. The summed E-state index contributed by atoms with van der Waals surface area (Å²) in [6.07, 6.45) is 1.00. The molecule has 0 spiro atoms. The largest absolute Gasteiger partial charge is 0.497 e. The van der Waals surface area contributed by atoms with Crippen LogP contribution in [-0.4, -0.2) is 57.6 Å². The van der Waals surface area contributed by atoms with Gasteiger partial charge in [-0.3, -0.25) is 13.9 Å². The lowest BCUT2D eigenvalue weighted by Crippen LogP contribution is -2.51. The van der Waals surface area contributed by atoms with E-state index in [4.69, 9.17) is 27.9 Å². The Balaban J connectivity index is 2.45. The Hall–Kier alpha value is -2.49. The molecule has 11 heteroatoms. The number of nitrogens with zero attached hydrogens (tertiary/aromatic N) is 2. The molecule has 0 aliphatic carbocycles. The van der Waals surface area contributed by atoms with E-state index < -0.39 is 28.5 Å². The third-order valence-corrected chi connectivity index (χ3v) is 6.78. The molecule has 0 saturated carbocycles. The molecule has 0 radical (unpaired) electrons. The number of likely N-dealkylation sites (N-methyl/N-ethyl adjacent to an activating group) is 1. The number of ether oxygens (including phenoxy) is 1. The van der Waals surface area contributed by atoms with Gasteiger partial charge in [-0.2, -0.15) is 0 Å². The Labute approximate surface area is 204 Å². The summed E-state index contributed by atoms with van der Waals surface area (Å²) in [5.41, 5.74) is 0.712. The number of hydrogen-bond acceptors (Lipinski definition) is 5. The van der Waals surface area contributed by atoms with Crippen LogP contribution in [0.25, 0.3) is 0 Å². The molecule has 180 valence electrons. The first kappa shape index (κ1) is 26.8. The number of sulfonamides is 1. The van der Waals surface area contributed by atoms with E-state index in [9.17, 15) is 18.0 Å². The summed E-state index contributed by atoms with van der Waals surface area (Å²) >= 11 is 12.6. The maximum atomic E-state index is 13.4. The molecule has 33 heavy (non-hydrogen) atoms. The molecule has 0 heterocycles. The third-order valence-electron chi connectivity index (χ3n) is 4.93. The Morgan fingerprint density at radius 2 is 1.73 bits per heavy atom. The summed E-state index contributed by atoms with van der Waals surface area (Å²) in [6.45, 7) is 3.08. The summed E-state index contributed by atoms with van der Waals surface area (Å²) in [5.74, 6) is -0.553. The fraction of sp³-hybridized carbons (Fsp3) is 0.364. The number of benzene rings is 2. The van der Waals surface area contributed by atoms with Crippen molar-refractivity contribution in [1.82, 2.24) is 10.2 Å². The van der Waals surface area contributed by atoms with Crippen LogP contribution in [-0.2, 0) is 26.2 Å². The average molecular weight is 516 g/mol. The molecular weight excluding hydrogens is 489 g/mol. The van der Waals surface area contributed by atoms with Crippen molar-refractivity contribution in [2.45, 2.75) is 26.4 Å². The van der Waals surface area contributed by atoms with Crippen molar-refractivity contribution in [3.8, 4) is 5.75 Å². The van der Waals surface area contributed by atoms with E-state index in [-0.39, 0.29) is 18.1 Å². The molecule has 0 saturated heterocycles. The quantitative estimate of drug-likeness (QED) is 0.523. The highest BCUT2D eigenvalue weighted by Gasteiger charge is 2.30. The number of halogens is 2. The highest BCUT2D eigenvalue weighted by atomic mass is 35.5. The highest BCUT2D eigenvalue weighted by molar-refractivity contribution is 7.92. The highest BCUT2D eigenvalue weighted by Crippen LogP contribution is 2.27. The molecule has 2 rings (SSSR count). The number of methoxy groups -OCH3 is 1. The first-order valence-electron chi connectivity index (χ1n) is 10.1. The van der Waals surface area contributed by atoms with Gasteiger partial charge in [-0.05, 0) is 38.1 Å². The van der Waals surface area contributed by atoms with Crippen LogP contribution in [0.15, 0.2) is 42.5 Å². The van der Waals surface area contributed by atoms with Gasteiger partial charge in [-0.1, -0.05) is 35.3 Å². The van der Waals surface area contributed by atoms with Crippen LogP contribution in [0.2, 0.25) is 10.0 Å². The fourth-order valence-corrected chi connectivity index (χ4v) is 4.50. The van der Waals surface area contributed by atoms with Gasteiger partial charge >= 0.3 is 0 Å². The summed E-state index contributed by atoms with van der Waals surface area (Å²) in [6, 6.07) is 10.4. The molecule has 2 amide bonds. The van der Waals surface area contributed by atoms with Crippen molar-refractivity contribution < 1.29 is 22.7 Å². The molecule has 0 unspecified atom stereocenters. The number of rotatable bonds is 10. The molecular formula is C22H27Cl2N3O5S. The van der Waals surface area contributed by atoms with Crippen molar-refractivity contribution in [3.63, 3.8) is 0 Å². The lowest BCUT2D eigenvalue weighted by Gasteiger charge is -2.32. The molecule has 0 aliphatic rings.